The molecule has 5 amide bonds. The van der Waals surface area contributed by atoms with Crippen LogP contribution in [0.15, 0.2) is 30.5 Å². The number of carboxylic acids is 4. The summed E-state index contributed by atoms with van der Waals surface area (Å²) in [7, 11) is 0. The topological polar surface area (TPSA) is 336 Å². The lowest BCUT2D eigenvalue weighted by Gasteiger charge is -2.32. The number of halogens is 2. The number of amides is 5. The molecule has 364 valence electrons. The quantitative estimate of drug-likeness (QED) is 0.0650. The van der Waals surface area contributed by atoms with Crippen LogP contribution in [0.25, 0.3) is 10.9 Å². The molecule has 67 heavy (non-hydrogen) atoms. The summed E-state index contributed by atoms with van der Waals surface area (Å²) in [4.78, 5) is 122. The summed E-state index contributed by atoms with van der Waals surface area (Å²) in [6.45, 7) is -2.73. The summed E-state index contributed by atoms with van der Waals surface area (Å²) in [5.74, 6) is -11.3. The maximum Gasteiger partial charge on any atom is 0.320 e. The second-order valence-electron chi connectivity index (χ2n) is 15.9. The smallest absolute Gasteiger partial charge is 0.320 e. The molecule has 0 aliphatic carbocycles. The van der Waals surface area contributed by atoms with Crippen molar-refractivity contribution in [3.63, 3.8) is 0 Å². The lowest BCUT2D eigenvalue weighted by Crippen LogP contribution is -2.49. The molecule has 24 nitrogen and oxygen atoms in total. The fourth-order valence-electron chi connectivity index (χ4n) is 7.54. The van der Waals surface area contributed by atoms with Crippen molar-refractivity contribution in [2.75, 3.05) is 97.1 Å². The molecule has 4 rings (SSSR count). The van der Waals surface area contributed by atoms with Crippen LogP contribution in [-0.4, -0.2) is 213 Å². The van der Waals surface area contributed by atoms with Gasteiger partial charge < -0.3 is 46.6 Å². The van der Waals surface area contributed by atoms with E-state index in [0.29, 0.717) is 0 Å². The van der Waals surface area contributed by atoms with Gasteiger partial charge in [0.15, 0.2) is 0 Å². The Balaban J connectivity index is 1.23. The van der Waals surface area contributed by atoms with Gasteiger partial charge in [0.05, 0.1) is 62.2 Å². The first-order chi connectivity index (χ1) is 31.7. The van der Waals surface area contributed by atoms with Crippen LogP contribution in [-0.2, 0) is 38.4 Å². The third-order valence-electron chi connectivity index (χ3n) is 10.8. The van der Waals surface area contributed by atoms with Gasteiger partial charge in [0.2, 0.25) is 23.6 Å². The average Bonchev–Trinajstić information content (AvgIpc) is 3.57. The summed E-state index contributed by atoms with van der Waals surface area (Å²) >= 11 is 0. The predicted molar refractivity (Wildman–Crippen MR) is 228 cm³/mol. The van der Waals surface area contributed by atoms with Crippen molar-refractivity contribution in [3.05, 3.63) is 36.0 Å². The second kappa shape index (κ2) is 25.1. The van der Waals surface area contributed by atoms with Gasteiger partial charge in [-0.25, -0.2) is 8.78 Å². The molecule has 1 aromatic carbocycles. The number of hydrogen-bond acceptors (Lipinski definition) is 15. The Hall–Kier alpha value is -6.95. The zero-order chi connectivity index (χ0) is 49.3. The number of fused-ring (bicyclic) bond motifs is 1. The summed E-state index contributed by atoms with van der Waals surface area (Å²) in [6, 6.07) is 5.04. The number of aliphatic carboxylic acids is 4. The van der Waals surface area contributed by atoms with Crippen LogP contribution in [0.5, 0.6) is 0 Å². The van der Waals surface area contributed by atoms with Crippen LogP contribution >= 0.6 is 0 Å². The standard InChI is InChI=1S/C41H53F2N11O13/c42-41(43)18-26(19-44)54(24-41)34(58)20-48-39(65)28-8-9-47-38-27(28)2-1-3-29(38)49-33(57)7-6-32(56)46-11-10-45-31(55)5-4-30(40(66)67)53-16-14-50(21-35(59)60)12-13-51(22-36(61)62)25-52(15-17-53)23-37(63)64/h1-3,8-9,26,30H,4-7,10-18,20-25H2,(H,45,55)(H,46,56)(H,48,65)(H,49,57)(H,59,60)(H,61,62)(H,63,64)(H,66,67)/t26-,30?/m0/s1. The average molecular weight is 946 g/mol. The van der Waals surface area contributed by atoms with Crippen LogP contribution in [0.4, 0.5) is 14.5 Å². The molecule has 2 aliphatic heterocycles. The normalized spacial score (nSPS) is 17.9. The Bertz CT molecular complexity index is 2210. The third-order valence-corrected chi connectivity index (χ3v) is 10.8. The highest BCUT2D eigenvalue weighted by Crippen LogP contribution is 2.31. The number of alkyl halides is 2. The molecule has 3 heterocycles. The first-order valence-corrected chi connectivity index (χ1v) is 21.1. The number of rotatable bonds is 21. The number of hydrogen-bond donors (Lipinski definition) is 8. The van der Waals surface area contributed by atoms with Crippen molar-refractivity contribution in [1.82, 2.24) is 45.4 Å². The molecule has 2 aliphatic rings. The minimum atomic E-state index is -3.22. The molecule has 2 saturated heterocycles. The molecule has 1 unspecified atom stereocenters. The maximum absolute atomic E-state index is 13.8. The minimum Gasteiger partial charge on any atom is -0.480 e. The third kappa shape index (κ3) is 17.1. The fourth-order valence-corrected chi connectivity index (χ4v) is 7.54. The molecule has 8 N–H and O–H groups in total. The second-order valence-corrected chi connectivity index (χ2v) is 15.9. The van der Waals surface area contributed by atoms with Crippen molar-refractivity contribution in [2.24, 2.45) is 0 Å². The van der Waals surface area contributed by atoms with Crippen LogP contribution in [0.3, 0.4) is 0 Å². The molecule has 0 bridgehead atoms. The monoisotopic (exact) mass is 945 g/mol. The van der Waals surface area contributed by atoms with E-state index in [9.17, 15) is 77.6 Å². The van der Waals surface area contributed by atoms with Crippen molar-refractivity contribution < 1.29 is 72.4 Å². The summed E-state index contributed by atoms with van der Waals surface area (Å²) < 4.78 is 27.6. The number of nitrogens with one attached hydrogen (secondary N) is 4. The largest absolute Gasteiger partial charge is 0.480 e. The molecule has 2 fully saturated rings. The van der Waals surface area contributed by atoms with Gasteiger partial charge in [-0.2, -0.15) is 5.26 Å². The number of nitrogens with zero attached hydrogens (tertiary/aromatic N) is 7. The Kier molecular flexibility index (Phi) is 19.7. The maximum atomic E-state index is 13.8. The Morgan fingerprint density at radius 2 is 1.33 bits per heavy atom. The number of aromatic nitrogens is 1. The van der Waals surface area contributed by atoms with E-state index in [1.54, 1.807) is 6.07 Å². The van der Waals surface area contributed by atoms with E-state index in [4.69, 9.17) is 0 Å². The van der Waals surface area contributed by atoms with Crippen molar-refractivity contribution in [2.45, 2.75) is 50.1 Å². The van der Waals surface area contributed by atoms with E-state index in [1.807, 2.05) is 0 Å². The van der Waals surface area contributed by atoms with Crippen LogP contribution in [0, 0.1) is 11.3 Å². The number of para-hydroxylation sites is 1. The Morgan fingerprint density at radius 3 is 1.94 bits per heavy atom. The number of benzene rings is 1. The number of carbonyl (C=O) groups is 9. The lowest BCUT2D eigenvalue weighted by molar-refractivity contribution is -0.145. The molecule has 1 aromatic heterocycles. The summed E-state index contributed by atoms with van der Waals surface area (Å²) in [6.07, 6.45) is -0.473. The number of pyridine rings is 1. The highest BCUT2D eigenvalue weighted by atomic mass is 19.3. The van der Waals surface area contributed by atoms with Gasteiger partial charge in [-0.05, 0) is 18.6 Å². The van der Waals surface area contributed by atoms with Gasteiger partial charge in [-0.1, -0.05) is 12.1 Å². The van der Waals surface area contributed by atoms with E-state index in [-0.39, 0.29) is 107 Å². The first kappa shape index (κ1) is 52.7. The fraction of sp³-hybridized carbons (Fsp3) is 0.537. The van der Waals surface area contributed by atoms with Gasteiger partial charge in [-0.3, -0.25) is 67.7 Å². The molecule has 2 atom stereocenters. The van der Waals surface area contributed by atoms with Gasteiger partial charge in [0.25, 0.3) is 11.8 Å². The van der Waals surface area contributed by atoms with Gasteiger partial charge in [-0.15, -0.1) is 0 Å². The van der Waals surface area contributed by atoms with Gasteiger partial charge in [0.1, 0.15) is 12.1 Å². The van der Waals surface area contributed by atoms with Crippen molar-refractivity contribution >= 4 is 70.0 Å². The first-order valence-electron chi connectivity index (χ1n) is 21.1. The summed E-state index contributed by atoms with van der Waals surface area (Å²) in [5.41, 5.74) is 0.466. The molecule has 26 heteroatoms. The molecule has 0 radical (unpaired) electrons. The highest BCUT2D eigenvalue weighted by molar-refractivity contribution is 6.10. The molecular weight excluding hydrogens is 893 g/mol. The molecule has 0 spiro atoms. The van der Waals surface area contributed by atoms with E-state index in [1.165, 1.54) is 50.1 Å². The van der Waals surface area contributed by atoms with Crippen molar-refractivity contribution in [3.8, 4) is 6.07 Å². The number of likely N-dealkylation sites (tertiary alicyclic amines) is 1. The van der Waals surface area contributed by atoms with E-state index < -0.39 is 111 Å². The number of carbonyl (C=O) groups excluding carboxylic acids is 5. The SMILES string of the molecule is N#C[C@@H]1CC(F)(F)CN1C(=O)CNC(=O)c1ccnc2c(NC(=O)CCC(=O)NCCNC(=O)CCC(C(=O)O)N3CCN(CC(=O)O)CCN(CC(=O)O)CN(CC(=O)O)CC3)cccc12. The number of nitriles is 1. The zero-order valence-electron chi connectivity index (χ0n) is 36.3. The lowest BCUT2D eigenvalue weighted by atomic mass is 10.1. The van der Waals surface area contributed by atoms with E-state index in [0.717, 1.165) is 4.90 Å². The minimum absolute atomic E-state index is 0.00234. The van der Waals surface area contributed by atoms with Gasteiger partial charge >= 0.3 is 23.9 Å². The Morgan fingerprint density at radius 1 is 0.761 bits per heavy atom. The number of carboxylic acid groups (broad SMARTS) is 4. The van der Waals surface area contributed by atoms with Crippen LogP contribution < -0.4 is 21.3 Å². The van der Waals surface area contributed by atoms with Crippen molar-refractivity contribution in [1.29, 1.82) is 5.26 Å². The summed E-state index contributed by atoms with van der Waals surface area (Å²) in [5, 5.41) is 58.1. The molecular formula is C41H53F2N11O13. The number of anilines is 1. The van der Waals surface area contributed by atoms with Gasteiger partial charge in [0, 0.05) is 89.6 Å². The zero-order valence-corrected chi connectivity index (χ0v) is 36.3. The van der Waals surface area contributed by atoms with E-state index in [2.05, 4.69) is 26.3 Å². The highest BCUT2D eigenvalue weighted by Gasteiger charge is 2.47. The van der Waals surface area contributed by atoms with E-state index >= 15 is 0 Å². The molecule has 0 saturated carbocycles. The van der Waals surface area contributed by atoms with Crippen LogP contribution in [0.2, 0.25) is 0 Å². The predicted octanol–water partition coefficient (Wildman–Crippen LogP) is -1.66. The van der Waals surface area contributed by atoms with Crippen LogP contribution in [0.1, 0.15) is 42.5 Å². The molecule has 2 aromatic rings. The Labute approximate surface area is 381 Å².